The van der Waals surface area contributed by atoms with Crippen molar-refractivity contribution in [1.82, 2.24) is 15.5 Å². The van der Waals surface area contributed by atoms with Gasteiger partial charge in [0.2, 0.25) is 23.5 Å². The van der Waals surface area contributed by atoms with Crippen molar-refractivity contribution in [3.63, 3.8) is 0 Å². The summed E-state index contributed by atoms with van der Waals surface area (Å²) in [5.74, 6) is -3.25. The minimum Gasteiger partial charge on any atom is -0.382 e. The van der Waals surface area contributed by atoms with Crippen LogP contribution in [-0.2, 0) is 28.7 Å². The van der Waals surface area contributed by atoms with E-state index in [0.29, 0.717) is 26.1 Å². The van der Waals surface area contributed by atoms with Crippen molar-refractivity contribution in [1.29, 1.82) is 0 Å². The number of hydrogen-bond acceptors (Lipinski definition) is 7. The molecule has 0 aromatic carbocycles. The van der Waals surface area contributed by atoms with Crippen LogP contribution in [0.1, 0.15) is 101 Å². The van der Waals surface area contributed by atoms with Gasteiger partial charge in [0.05, 0.1) is 11.6 Å². The van der Waals surface area contributed by atoms with Crippen molar-refractivity contribution in [2.75, 3.05) is 19.8 Å². The topological polar surface area (TPSA) is 174 Å². The first-order valence-electron chi connectivity index (χ1n) is 15.3. The first-order chi connectivity index (χ1) is 19.2. The number of amides is 4. The van der Waals surface area contributed by atoms with Crippen LogP contribution in [-0.4, -0.2) is 77.7 Å². The number of ketones is 1. The largest absolute Gasteiger partial charge is 0.382 e. The first-order valence-corrected chi connectivity index (χ1v) is 15.3. The highest BCUT2D eigenvalue weighted by Gasteiger charge is 2.52. The van der Waals surface area contributed by atoms with E-state index in [1.54, 1.807) is 13.8 Å². The van der Waals surface area contributed by atoms with Crippen molar-refractivity contribution in [3.05, 3.63) is 0 Å². The van der Waals surface area contributed by atoms with Gasteiger partial charge in [-0.2, -0.15) is 0 Å². The summed E-state index contributed by atoms with van der Waals surface area (Å²) < 4.78 is 5.67. The number of nitrogens with one attached hydrogen (secondary N) is 2. The molecular formula is C31H57N5O6. The van der Waals surface area contributed by atoms with E-state index in [-0.39, 0.29) is 24.8 Å². The molecule has 11 nitrogen and oxygen atoms in total. The molecule has 1 heterocycles. The van der Waals surface area contributed by atoms with E-state index in [1.807, 2.05) is 41.5 Å². The molecule has 1 aliphatic rings. The van der Waals surface area contributed by atoms with Crippen molar-refractivity contribution >= 4 is 29.4 Å². The molecule has 6 N–H and O–H groups in total. The molecule has 0 aliphatic carbocycles. The molecule has 42 heavy (non-hydrogen) atoms. The molecule has 1 saturated heterocycles. The van der Waals surface area contributed by atoms with Crippen molar-refractivity contribution in [3.8, 4) is 0 Å². The highest BCUT2D eigenvalue weighted by Crippen LogP contribution is 2.45. The lowest BCUT2D eigenvalue weighted by molar-refractivity contribution is -0.145. The standard InChI is InChI=1S/C31H57N5O6/c1-11-13-20(5)16-21(23(37)25(32)38)34-26(39)22-17-31(19(3)4,14-15-42-12-2)18-36(22)27(40)24(29(6,7)8)35-28(41)30(9,10)33/h19-22,24H,11-18,33H2,1-10H3,(H2,32,38)(H,34,39)(H,35,41)/t20?,21?,22-,24?,31?/m0/s1. The number of ether oxygens (including phenoxy) is 1. The Labute approximate surface area is 252 Å². The second-order valence-electron chi connectivity index (χ2n) is 14.1. The number of carbonyl (C=O) groups is 5. The van der Waals surface area contributed by atoms with Gasteiger partial charge in [0.15, 0.2) is 0 Å². The zero-order valence-corrected chi connectivity index (χ0v) is 27.6. The van der Waals surface area contributed by atoms with Crippen LogP contribution in [0.5, 0.6) is 0 Å². The molecule has 1 rings (SSSR count). The zero-order chi connectivity index (χ0) is 32.6. The van der Waals surface area contributed by atoms with E-state index in [2.05, 4.69) is 24.5 Å². The average molecular weight is 596 g/mol. The van der Waals surface area contributed by atoms with Crippen LogP contribution in [0.2, 0.25) is 0 Å². The Morgan fingerprint density at radius 2 is 1.62 bits per heavy atom. The Bertz CT molecular complexity index is 970. The molecule has 4 amide bonds. The van der Waals surface area contributed by atoms with Crippen LogP contribution in [0, 0.1) is 22.7 Å². The third-order valence-electron chi connectivity index (χ3n) is 8.49. The van der Waals surface area contributed by atoms with E-state index in [9.17, 15) is 24.0 Å². The third kappa shape index (κ3) is 10.0. The Kier molecular flexibility index (Phi) is 13.6. The molecule has 1 aliphatic heterocycles. The van der Waals surface area contributed by atoms with Gasteiger partial charge in [-0.3, -0.25) is 24.0 Å². The predicted octanol–water partition coefficient (Wildman–Crippen LogP) is 2.29. The normalized spacial score (nSPS) is 21.5. The molecule has 1 fully saturated rings. The van der Waals surface area contributed by atoms with Crippen LogP contribution in [0.3, 0.4) is 0 Å². The lowest BCUT2D eigenvalue weighted by Gasteiger charge is -2.38. The summed E-state index contributed by atoms with van der Waals surface area (Å²) in [5.41, 5.74) is 9.00. The SMILES string of the molecule is CCCC(C)CC(NC(=O)[C@@H]1CC(CCOCC)(C(C)C)CN1C(=O)C(NC(=O)C(C)(C)N)C(C)(C)C)C(=O)C(N)=O. The predicted molar refractivity (Wildman–Crippen MR) is 163 cm³/mol. The van der Waals surface area contributed by atoms with Gasteiger partial charge in [-0.25, -0.2) is 0 Å². The number of primary amides is 1. The summed E-state index contributed by atoms with van der Waals surface area (Å²) in [7, 11) is 0. The highest BCUT2D eigenvalue weighted by molar-refractivity contribution is 6.37. The molecule has 0 radical (unpaired) electrons. The van der Waals surface area contributed by atoms with Gasteiger partial charge in [-0.15, -0.1) is 0 Å². The minimum atomic E-state index is -1.22. The van der Waals surface area contributed by atoms with Gasteiger partial charge in [0, 0.05) is 19.8 Å². The van der Waals surface area contributed by atoms with Crippen molar-refractivity contribution in [2.45, 2.75) is 125 Å². The van der Waals surface area contributed by atoms with E-state index in [1.165, 1.54) is 4.90 Å². The number of rotatable bonds is 16. The Morgan fingerprint density at radius 3 is 2.07 bits per heavy atom. The molecule has 242 valence electrons. The lowest BCUT2D eigenvalue weighted by Crippen LogP contribution is -2.62. The van der Waals surface area contributed by atoms with Gasteiger partial charge in [-0.05, 0) is 62.7 Å². The van der Waals surface area contributed by atoms with Crippen LogP contribution >= 0.6 is 0 Å². The molecule has 11 heteroatoms. The highest BCUT2D eigenvalue weighted by atomic mass is 16.5. The number of Topliss-reactive ketones (excluding diaryl/α,β-unsaturated/α-hetero) is 1. The monoisotopic (exact) mass is 595 g/mol. The van der Waals surface area contributed by atoms with Crippen LogP contribution in [0.25, 0.3) is 0 Å². The summed E-state index contributed by atoms with van der Waals surface area (Å²) in [5, 5.41) is 5.61. The maximum absolute atomic E-state index is 14.3. The summed E-state index contributed by atoms with van der Waals surface area (Å²) in [6, 6.07) is -2.99. The fourth-order valence-electron chi connectivity index (χ4n) is 5.60. The fourth-order valence-corrected chi connectivity index (χ4v) is 5.60. The maximum Gasteiger partial charge on any atom is 0.287 e. The fraction of sp³-hybridized carbons (Fsp3) is 0.839. The first kappa shape index (κ1) is 37.5. The Balaban J connectivity index is 3.56. The van der Waals surface area contributed by atoms with E-state index in [0.717, 1.165) is 12.8 Å². The van der Waals surface area contributed by atoms with E-state index < -0.39 is 63.9 Å². The quantitative estimate of drug-likeness (QED) is 0.156. The Hall–Kier alpha value is -2.53. The summed E-state index contributed by atoms with van der Waals surface area (Å²) >= 11 is 0. The molecule has 0 bridgehead atoms. The average Bonchev–Trinajstić information content (AvgIpc) is 3.26. The lowest BCUT2D eigenvalue weighted by atomic mass is 9.73. The molecule has 0 aromatic rings. The number of likely N-dealkylation sites (tertiary alicyclic amines) is 1. The smallest absolute Gasteiger partial charge is 0.287 e. The molecule has 5 atom stereocenters. The second-order valence-corrected chi connectivity index (χ2v) is 14.1. The second kappa shape index (κ2) is 15.3. The molecule has 0 aromatic heterocycles. The van der Waals surface area contributed by atoms with Crippen molar-refractivity contribution < 1.29 is 28.7 Å². The van der Waals surface area contributed by atoms with Crippen LogP contribution in [0.4, 0.5) is 0 Å². The zero-order valence-electron chi connectivity index (χ0n) is 27.6. The molecule has 0 spiro atoms. The van der Waals surface area contributed by atoms with Gasteiger partial charge in [0.1, 0.15) is 12.1 Å². The molecule has 4 unspecified atom stereocenters. The third-order valence-corrected chi connectivity index (χ3v) is 8.49. The van der Waals surface area contributed by atoms with Gasteiger partial charge < -0.3 is 31.7 Å². The minimum absolute atomic E-state index is 0.0611. The Morgan fingerprint density at radius 1 is 1.02 bits per heavy atom. The van der Waals surface area contributed by atoms with Crippen LogP contribution < -0.4 is 22.1 Å². The summed E-state index contributed by atoms with van der Waals surface area (Å²) in [4.78, 5) is 67.4. The number of carbonyl (C=O) groups excluding carboxylic acids is 5. The molecule has 0 saturated carbocycles. The van der Waals surface area contributed by atoms with Gasteiger partial charge in [-0.1, -0.05) is 61.3 Å². The summed E-state index contributed by atoms with van der Waals surface area (Å²) in [6.07, 6.45) is 2.91. The number of hydrogen-bond donors (Lipinski definition) is 4. The number of nitrogens with zero attached hydrogens (tertiary/aromatic N) is 1. The van der Waals surface area contributed by atoms with Gasteiger partial charge >= 0.3 is 0 Å². The van der Waals surface area contributed by atoms with Crippen LogP contribution in [0.15, 0.2) is 0 Å². The molecular weight excluding hydrogens is 538 g/mol. The van der Waals surface area contributed by atoms with Gasteiger partial charge in [0.25, 0.3) is 5.91 Å². The summed E-state index contributed by atoms with van der Waals surface area (Å²) in [6.45, 7) is 19.9. The van der Waals surface area contributed by atoms with E-state index >= 15 is 0 Å². The van der Waals surface area contributed by atoms with Crippen molar-refractivity contribution in [2.24, 2.45) is 34.1 Å². The van der Waals surface area contributed by atoms with E-state index in [4.69, 9.17) is 16.2 Å². The number of nitrogens with two attached hydrogens (primary N) is 2. The maximum atomic E-state index is 14.3.